The Labute approximate surface area is 164 Å². The molecule has 4 nitrogen and oxygen atoms in total. The molecule has 1 N–H and O–H groups in total. The lowest BCUT2D eigenvalue weighted by Crippen LogP contribution is -2.37. The van der Waals surface area contributed by atoms with Crippen molar-refractivity contribution in [1.29, 1.82) is 0 Å². The summed E-state index contributed by atoms with van der Waals surface area (Å²) in [6, 6.07) is 5.94. The van der Waals surface area contributed by atoms with E-state index in [1.54, 1.807) is 0 Å². The Morgan fingerprint density at radius 1 is 1.33 bits per heavy atom. The van der Waals surface area contributed by atoms with Crippen molar-refractivity contribution >= 4 is 17.1 Å². The van der Waals surface area contributed by atoms with E-state index in [4.69, 9.17) is 9.13 Å². The topological polar surface area (TPSA) is 64.9 Å². The molecule has 6 heteroatoms. The molecule has 3 rings (SSSR count). The van der Waals surface area contributed by atoms with Gasteiger partial charge in [0, 0.05) is 17.4 Å². The maximum atomic E-state index is 12.8. The van der Waals surface area contributed by atoms with Gasteiger partial charge in [-0.3, -0.25) is 4.39 Å². The Morgan fingerprint density at radius 3 is 2.67 bits per heavy atom. The Hall–Kier alpha value is -1.11. The summed E-state index contributed by atoms with van der Waals surface area (Å²) in [6.45, 7) is 5.73. The number of hydrogen-bond donors (Lipinski definition) is 1. The van der Waals surface area contributed by atoms with E-state index in [0.717, 1.165) is 43.4 Å². The van der Waals surface area contributed by atoms with Crippen molar-refractivity contribution < 1.29 is 18.8 Å². The normalized spacial score (nSPS) is 27.8. The zero-order valence-electron chi connectivity index (χ0n) is 16.5. The fraction of sp³-hybridized carbons (Fsp3) is 0.667. The van der Waals surface area contributed by atoms with Crippen LogP contribution in [0.5, 0.6) is 5.75 Å². The molecule has 0 aliphatic heterocycles. The number of alkyl halides is 1. The van der Waals surface area contributed by atoms with E-state index >= 15 is 0 Å². The van der Waals surface area contributed by atoms with Crippen molar-refractivity contribution in [3.8, 4) is 5.75 Å². The van der Waals surface area contributed by atoms with Gasteiger partial charge in [-0.1, -0.05) is 10.5 Å². The minimum atomic E-state index is -1.35. The predicted octanol–water partition coefficient (Wildman–Crippen LogP) is 4.15. The number of rotatable bonds is 5. The van der Waals surface area contributed by atoms with E-state index in [2.05, 4.69) is 6.07 Å². The summed E-state index contributed by atoms with van der Waals surface area (Å²) in [4.78, 5) is 0. The first-order valence-corrected chi connectivity index (χ1v) is 10.9. The number of fused-ring (bicyclic) bond motifs is 1. The number of aliphatic hydroxyl groups is 1. The lowest BCUT2D eigenvalue weighted by atomic mass is 9.70. The van der Waals surface area contributed by atoms with Crippen molar-refractivity contribution in [3.05, 3.63) is 29.3 Å². The molecule has 1 fully saturated rings. The molecule has 0 bridgehead atoms. The first kappa shape index (κ1) is 20.6. The molecule has 1 atom stereocenters. The first-order valence-electron chi connectivity index (χ1n) is 9.76. The molecule has 1 aromatic carbocycles. The van der Waals surface area contributed by atoms with E-state index in [0.29, 0.717) is 18.8 Å². The van der Waals surface area contributed by atoms with Crippen LogP contribution in [-0.2, 0) is 17.8 Å². The average Bonchev–Trinajstić information content (AvgIpc) is 2.90. The quantitative estimate of drug-likeness (QED) is 0.602. The van der Waals surface area contributed by atoms with Crippen LogP contribution in [0.25, 0.3) is 0 Å². The molecule has 27 heavy (non-hydrogen) atoms. The van der Waals surface area contributed by atoms with E-state index in [1.165, 1.54) is 5.56 Å². The van der Waals surface area contributed by atoms with Gasteiger partial charge in [0.2, 0.25) is 0 Å². The predicted molar refractivity (Wildman–Crippen MR) is 108 cm³/mol. The molecule has 2 aliphatic rings. The van der Waals surface area contributed by atoms with Crippen LogP contribution in [0.4, 0.5) is 4.39 Å². The van der Waals surface area contributed by atoms with Gasteiger partial charge in [0.1, 0.15) is 27.6 Å². The molecule has 0 heterocycles. The van der Waals surface area contributed by atoms with Gasteiger partial charge < -0.3 is 14.4 Å². The lowest BCUT2D eigenvalue weighted by Gasteiger charge is -2.36. The molecule has 0 saturated heterocycles. The Bertz CT molecular complexity index is 693. The summed E-state index contributed by atoms with van der Waals surface area (Å²) < 4.78 is 35.1. The van der Waals surface area contributed by atoms with Crippen molar-refractivity contribution in [2.45, 2.75) is 70.1 Å². The summed E-state index contributed by atoms with van der Waals surface area (Å²) in [7, 11) is 0. The zero-order chi connectivity index (χ0) is 19.7. The second kappa shape index (κ2) is 8.10. The van der Waals surface area contributed by atoms with E-state index in [1.807, 2.05) is 32.9 Å². The second-order valence-corrected chi connectivity index (χ2v) is 10.6. The Kier molecular flexibility index (Phi) is 6.18. The molecular weight excluding hydrogens is 365 g/mol. The molecule has 0 radical (unpaired) electrons. The van der Waals surface area contributed by atoms with Gasteiger partial charge in [-0.2, -0.15) is 0 Å². The molecule has 2 aliphatic carbocycles. The summed E-state index contributed by atoms with van der Waals surface area (Å²) in [5.74, 6) is 0.698. The van der Waals surface area contributed by atoms with Crippen LogP contribution in [0.15, 0.2) is 22.6 Å². The zero-order valence-corrected chi connectivity index (χ0v) is 17.3. The van der Waals surface area contributed by atoms with Crippen molar-refractivity contribution in [2.75, 3.05) is 13.3 Å². The number of nitrogens with zero attached hydrogens (tertiary/aromatic N) is 1. The van der Waals surface area contributed by atoms with Crippen LogP contribution in [0.3, 0.4) is 0 Å². The van der Waals surface area contributed by atoms with Crippen LogP contribution in [0.1, 0.15) is 64.0 Å². The van der Waals surface area contributed by atoms with Gasteiger partial charge in [-0.25, -0.2) is 0 Å². The van der Waals surface area contributed by atoms with Crippen molar-refractivity contribution in [2.24, 2.45) is 9.81 Å². The monoisotopic (exact) mass is 395 g/mol. The smallest absolute Gasteiger partial charge is 0.144 e. The highest BCUT2D eigenvalue weighted by Gasteiger charge is 2.47. The van der Waals surface area contributed by atoms with Crippen molar-refractivity contribution in [3.63, 3.8) is 0 Å². The molecule has 0 aromatic heterocycles. The number of aliphatic hydroxyl groups excluding tert-OH is 1. The molecule has 1 unspecified atom stereocenters. The highest BCUT2D eigenvalue weighted by Crippen LogP contribution is 2.49. The Balaban J connectivity index is 1.96. The van der Waals surface area contributed by atoms with E-state index in [-0.39, 0.29) is 11.5 Å². The van der Waals surface area contributed by atoms with Gasteiger partial charge in [0.25, 0.3) is 0 Å². The first-order chi connectivity index (χ1) is 12.7. The van der Waals surface area contributed by atoms with Crippen LogP contribution < -0.4 is 4.74 Å². The lowest BCUT2D eigenvalue weighted by molar-refractivity contribution is 0.0934. The Morgan fingerprint density at radius 2 is 2.04 bits per heavy atom. The number of ether oxygens (including phenoxy) is 1. The van der Waals surface area contributed by atoms with Gasteiger partial charge in [0.05, 0.1) is 19.4 Å². The molecule has 150 valence electrons. The van der Waals surface area contributed by atoms with E-state index in [9.17, 15) is 14.0 Å². The fourth-order valence-corrected chi connectivity index (χ4v) is 4.66. The summed E-state index contributed by atoms with van der Waals surface area (Å²) in [5.41, 5.74) is 2.93. The third-order valence-corrected chi connectivity index (χ3v) is 6.92. The summed E-state index contributed by atoms with van der Waals surface area (Å²) in [6.07, 6.45) is 4.16. The van der Waals surface area contributed by atoms with Gasteiger partial charge in [0.15, 0.2) is 0 Å². The minimum Gasteiger partial charge on any atom is -0.591 e. The molecule has 0 amide bonds. The molecule has 1 aromatic rings. The highest BCUT2D eigenvalue weighted by atomic mass is 32.2. The standard InChI is InChI=1S/C21H30FNO3S/c1-20(2,3)27(25)23-19-18-13-17(26-12-4-11-22)6-5-15(18)14-21(19)9-7-16(24)8-10-21/h5-6,13,16,24H,4,7-12,14H2,1-3H3. The van der Waals surface area contributed by atoms with Crippen LogP contribution in [-0.4, -0.2) is 39.5 Å². The van der Waals surface area contributed by atoms with Gasteiger partial charge >= 0.3 is 0 Å². The van der Waals surface area contributed by atoms with Gasteiger partial charge in [-0.15, -0.1) is 0 Å². The summed E-state index contributed by atoms with van der Waals surface area (Å²) in [5, 5.41) is 9.98. The van der Waals surface area contributed by atoms with E-state index < -0.39 is 22.8 Å². The third-order valence-electron chi connectivity index (χ3n) is 5.52. The number of hydrogen-bond acceptors (Lipinski definition) is 4. The SMILES string of the molecule is CC(C)(C)[S+]([O-])N=C1c2cc(OCCCF)ccc2CC12CCC(O)CC2. The molecular formula is C21H30FNO3S. The second-order valence-electron chi connectivity index (χ2n) is 8.70. The molecule has 1 spiro atoms. The average molecular weight is 396 g/mol. The number of benzene rings is 1. The molecule has 1 saturated carbocycles. The maximum absolute atomic E-state index is 12.8. The van der Waals surface area contributed by atoms with Crippen LogP contribution in [0, 0.1) is 5.41 Å². The minimum absolute atomic E-state index is 0.153. The van der Waals surface area contributed by atoms with Crippen molar-refractivity contribution in [1.82, 2.24) is 0 Å². The van der Waals surface area contributed by atoms with Crippen LogP contribution in [0.2, 0.25) is 0 Å². The van der Waals surface area contributed by atoms with Gasteiger partial charge in [-0.05, 0) is 70.6 Å². The summed E-state index contributed by atoms with van der Waals surface area (Å²) >= 11 is -1.35. The number of halogens is 1. The maximum Gasteiger partial charge on any atom is 0.144 e. The highest BCUT2D eigenvalue weighted by molar-refractivity contribution is 7.91. The fourth-order valence-electron chi connectivity index (χ4n) is 3.93. The largest absolute Gasteiger partial charge is 0.591 e. The third kappa shape index (κ3) is 4.49. The van der Waals surface area contributed by atoms with Crippen LogP contribution >= 0.6 is 0 Å².